The quantitative estimate of drug-likeness (QED) is 0.246. The zero-order chi connectivity index (χ0) is 28.9. The first-order valence-electron chi connectivity index (χ1n) is 12.8. The smallest absolute Gasteiger partial charge is 0.481 e. The van der Waals surface area contributed by atoms with E-state index >= 15 is 0 Å². The Bertz CT molecular complexity index is 1640. The van der Waals surface area contributed by atoms with Crippen LogP contribution in [0.4, 0.5) is 19.3 Å². The number of ether oxygens (including phenoxy) is 3. The molecule has 1 saturated carbocycles. The SMILES string of the molecule is Cc1noc(-c2ccc(-c3ccc(C4(C(=O)O)CC4)cc3)cc2)c1NC(=O)O[C@H](C)c1cccc2c1OC(F)(F)O2. The maximum absolute atomic E-state index is 13.6. The summed E-state index contributed by atoms with van der Waals surface area (Å²) in [4.78, 5) is 24.4. The molecule has 0 saturated heterocycles. The Hall–Kier alpha value is -4.93. The predicted molar refractivity (Wildman–Crippen MR) is 142 cm³/mol. The van der Waals surface area contributed by atoms with Crippen LogP contribution in [0.2, 0.25) is 0 Å². The molecule has 0 spiro atoms. The average molecular weight is 563 g/mol. The maximum atomic E-state index is 13.6. The van der Waals surface area contributed by atoms with Gasteiger partial charge in [-0.05, 0) is 49.4 Å². The number of fused-ring (bicyclic) bond motifs is 1. The number of anilines is 1. The van der Waals surface area contributed by atoms with Crippen molar-refractivity contribution in [3.63, 3.8) is 0 Å². The molecule has 1 aliphatic heterocycles. The number of rotatable bonds is 7. The van der Waals surface area contributed by atoms with Crippen molar-refractivity contribution in [1.29, 1.82) is 0 Å². The average Bonchev–Trinajstić information content (AvgIpc) is 3.60. The molecule has 1 fully saturated rings. The van der Waals surface area contributed by atoms with E-state index in [2.05, 4.69) is 19.9 Å². The lowest BCUT2D eigenvalue weighted by Crippen LogP contribution is -2.26. The lowest BCUT2D eigenvalue weighted by atomic mass is 9.93. The van der Waals surface area contributed by atoms with Crippen LogP contribution in [0, 0.1) is 6.92 Å². The van der Waals surface area contributed by atoms with Crippen molar-refractivity contribution in [3.05, 3.63) is 83.6 Å². The Morgan fingerprint density at radius 2 is 1.61 bits per heavy atom. The second-order valence-corrected chi connectivity index (χ2v) is 10.0. The number of hydrogen-bond donors (Lipinski definition) is 2. The van der Waals surface area contributed by atoms with Crippen molar-refractivity contribution in [1.82, 2.24) is 5.16 Å². The normalized spacial score (nSPS) is 16.6. The monoisotopic (exact) mass is 562 g/mol. The van der Waals surface area contributed by atoms with Crippen LogP contribution >= 0.6 is 0 Å². The van der Waals surface area contributed by atoms with E-state index in [4.69, 9.17) is 9.26 Å². The minimum atomic E-state index is -3.80. The zero-order valence-electron chi connectivity index (χ0n) is 21.9. The third-order valence-corrected chi connectivity index (χ3v) is 7.35. The van der Waals surface area contributed by atoms with Gasteiger partial charge in [-0.2, -0.15) is 0 Å². The predicted octanol–water partition coefficient (Wildman–Crippen LogP) is 7.06. The molecule has 0 unspecified atom stereocenters. The molecule has 3 aromatic carbocycles. The van der Waals surface area contributed by atoms with E-state index < -0.39 is 29.9 Å². The van der Waals surface area contributed by atoms with Gasteiger partial charge in [-0.15, -0.1) is 8.78 Å². The fourth-order valence-electron chi connectivity index (χ4n) is 4.93. The first-order valence-corrected chi connectivity index (χ1v) is 12.8. The number of benzene rings is 3. The molecule has 1 aliphatic carbocycles. The third kappa shape index (κ3) is 4.83. The Morgan fingerprint density at radius 3 is 2.24 bits per heavy atom. The van der Waals surface area contributed by atoms with E-state index in [1.54, 1.807) is 6.92 Å². The number of nitrogens with one attached hydrogen (secondary N) is 1. The first-order chi connectivity index (χ1) is 19.6. The molecule has 210 valence electrons. The molecule has 6 rings (SSSR count). The molecule has 2 aliphatic rings. The number of halogens is 2. The van der Waals surface area contributed by atoms with Crippen molar-refractivity contribution >= 4 is 17.7 Å². The summed E-state index contributed by atoms with van der Waals surface area (Å²) < 4.78 is 47.1. The molecular formula is C30H24F2N2O7. The minimum absolute atomic E-state index is 0.146. The lowest BCUT2D eigenvalue weighted by molar-refractivity contribution is -0.287. The number of carboxylic acid groups (broad SMARTS) is 1. The second kappa shape index (κ2) is 9.61. The Balaban J connectivity index is 1.16. The fourth-order valence-corrected chi connectivity index (χ4v) is 4.93. The van der Waals surface area contributed by atoms with Crippen LogP contribution < -0.4 is 14.8 Å². The van der Waals surface area contributed by atoms with Crippen molar-refractivity contribution in [2.75, 3.05) is 5.32 Å². The summed E-state index contributed by atoms with van der Waals surface area (Å²) in [6.45, 7) is 3.18. The molecule has 0 bridgehead atoms. The van der Waals surface area contributed by atoms with Crippen molar-refractivity contribution in [2.45, 2.75) is 44.5 Å². The van der Waals surface area contributed by atoms with Crippen molar-refractivity contribution in [3.8, 4) is 33.9 Å². The van der Waals surface area contributed by atoms with Gasteiger partial charge in [0.2, 0.25) is 0 Å². The summed E-state index contributed by atoms with van der Waals surface area (Å²) in [5, 5.41) is 16.1. The van der Waals surface area contributed by atoms with Crippen LogP contribution in [-0.2, 0) is 14.9 Å². The van der Waals surface area contributed by atoms with Gasteiger partial charge in [-0.3, -0.25) is 10.1 Å². The number of hydrogen-bond acceptors (Lipinski definition) is 7. The van der Waals surface area contributed by atoms with Crippen LogP contribution in [0.15, 0.2) is 71.3 Å². The molecule has 4 aromatic rings. The van der Waals surface area contributed by atoms with Gasteiger partial charge in [-0.1, -0.05) is 65.8 Å². The zero-order valence-corrected chi connectivity index (χ0v) is 21.9. The van der Waals surface area contributed by atoms with E-state index in [0.29, 0.717) is 35.5 Å². The Morgan fingerprint density at radius 1 is 0.976 bits per heavy atom. The first kappa shape index (κ1) is 26.3. The van der Waals surface area contributed by atoms with Gasteiger partial charge in [0.25, 0.3) is 0 Å². The van der Waals surface area contributed by atoms with Gasteiger partial charge >= 0.3 is 18.4 Å². The van der Waals surface area contributed by atoms with Gasteiger partial charge in [0.1, 0.15) is 17.5 Å². The van der Waals surface area contributed by atoms with Crippen molar-refractivity contribution < 1.29 is 42.2 Å². The summed E-state index contributed by atoms with van der Waals surface area (Å²) in [7, 11) is 0. The molecule has 2 heterocycles. The molecule has 2 N–H and O–H groups in total. The van der Waals surface area contributed by atoms with E-state index in [-0.39, 0.29) is 17.1 Å². The van der Waals surface area contributed by atoms with Crippen LogP contribution in [0.1, 0.15) is 42.7 Å². The summed E-state index contributed by atoms with van der Waals surface area (Å²) in [6, 6.07) is 19.2. The Labute approximate surface area is 232 Å². The fraction of sp³-hybridized carbons (Fsp3) is 0.233. The molecule has 1 atom stereocenters. The van der Waals surface area contributed by atoms with Crippen molar-refractivity contribution in [2.24, 2.45) is 0 Å². The van der Waals surface area contributed by atoms with E-state index in [9.17, 15) is 23.5 Å². The third-order valence-electron chi connectivity index (χ3n) is 7.35. The summed E-state index contributed by atoms with van der Waals surface area (Å²) >= 11 is 0. The topological polar surface area (TPSA) is 120 Å². The number of aliphatic carboxylic acids is 1. The molecule has 9 nitrogen and oxygen atoms in total. The molecular weight excluding hydrogens is 538 g/mol. The second-order valence-electron chi connectivity index (χ2n) is 10.0. The van der Waals surface area contributed by atoms with Gasteiger partial charge in [0, 0.05) is 11.1 Å². The van der Waals surface area contributed by atoms with Gasteiger partial charge in [-0.25, -0.2) is 4.79 Å². The summed E-state index contributed by atoms with van der Waals surface area (Å²) in [6.07, 6.45) is -4.30. The molecule has 1 aromatic heterocycles. The van der Waals surface area contributed by atoms with Crippen LogP contribution in [0.25, 0.3) is 22.5 Å². The largest absolute Gasteiger partial charge is 0.586 e. The van der Waals surface area contributed by atoms with E-state index in [1.807, 2.05) is 48.5 Å². The molecule has 0 radical (unpaired) electrons. The number of carboxylic acids is 1. The number of para-hydroxylation sites is 1. The van der Waals surface area contributed by atoms with Gasteiger partial charge < -0.3 is 23.8 Å². The van der Waals surface area contributed by atoms with E-state index in [0.717, 1.165) is 16.7 Å². The molecule has 11 heteroatoms. The van der Waals surface area contributed by atoms with Crippen LogP contribution in [-0.4, -0.2) is 28.6 Å². The highest BCUT2D eigenvalue weighted by molar-refractivity contribution is 5.91. The highest BCUT2D eigenvalue weighted by Crippen LogP contribution is 2.49. The van der Waals surface area contributed by atoms with E-state index in [1.165, 1.54) is 25.1 Å². The highest BCUT2D eigenvalue weighted by atomic mass is 19.3. The number of aryl methyl sites for hydroxylation is 1. The summed E-state index contributed by atoms with van der Waals surface area (Å²) in [5.41, 5.74) is 3.45. The number of alkyl halides is 2. The molecule has 41 heavy (non-hydrogen) atoms. The van der Waals surface area contributed by atoms with Gasteiger partial charge in [0.15, 0.2) is 17.3 Å². The number of carbonyl (C=O) groups excluding carboxylic acids is 1. The standard InChI is InChI=1S/C30H24F2N2O7/c1-16-24(33-28(37)38-17(2)22-4-3-5-23-26(22)40-30(31,32)39-23)25(41-34-16)20-8-6-18(7-9-20)19-10-12-21(13-11-19)29(14-15-29)27(35)36/h3-13,17H,14-15H2,1-2H3,(H,33,37)(H,35,36)/t17-/m1/s1. The minimum Gasteiger partial charge on any atom is -0.481 e. The maximum Gasteiger partial charge on any atom is 0.586 e. The number of carbonyl (C=O) groups is 2. The number of amides is 1. The highest BCUT2D eigenvalue weighted by Gasteiger charge is 2.51. The lowest BCUT2D eigenvalue weighted by Gasteiger charge is -2.16. The van der Waals surface area contributed by atoms with Crippen LogP contribution in [0.3, 0.4) is 0 Å². The number of nitrogens with zero attached hydrogens (tertiary/aromatic N) is 1. The van der Waals surface area contributed by atoms with Gasteiger partial charge in [0.05, 0.1) is 5.41 Å². The Kier molecular flexibility index (Phi) is 6.17. The van der Waals surface area contributed by atoms with Crippen LogP contribution in [0.5, 0.6) is 11.5 Å². The number of aromatic nitrogens is 1. The summed E-state index contributed by atoms with van der Waals surface area (Å²) in [5.74, 6) is -0.824. The molecule has 1 amide bonds.